The van der Waals surface area contributed by atoms with Gasteiger partial charge in [-0.3, -0.25) is 4.79 Å². The second-order valence-corrected chi connectivity index (χ2v) is 7.31. The van der Waals surface area contributed by atoms with Gasteiger partial charge in [0.2, 0.25) is 0 Å². The molecule has 1 aliphatic heterocycles. The van der Waals surface area contributed by atoms with Crippen molar-refractivity contribution in [3.63, 3.8) is 0 Å². The van der Waals surface area contributed by atoms with Gasteiger partial charge < -0.3 is 9.80 Å². The Labute approximate surface area is 125 Å². The maximum atomic E-state index is 12.8. The lowest BCUT2D eigenvalue weighted by molar-refractivity contribution is 0.0762. The SMILES string of the molecule is CC1CCc2c(C(=O)N3CCCN(C)CC3)csc2C1. The number of carbonyl (C=O) groups excluding carboxylic acids is 1. The molecule has 1 aromatic heterocycles. The molecule has 4 heteroatoms. The van der Waals surface area contributed by atoms with E-state index in [1.165, 1.54) is 16.9 Å². The summed E-state index contributed by atoms with van der Waals surface area (Å²) < 4.78 is 0. The normalized spacial score (nSPS) is 24.3. The average molecular weight is 292 g/mol. The molecular formula is C16H24N2OS. The summed E-state index contributed by atoms with van der Waals surface area (Å²) in [6.45, 7) is 6.19. The highest BCUT2D eigenvalue weighted by Gasteiger charge is 2.26. The van der Waals surface area contributed by atoms with Crippen molar-refractivity contribution in [3.8, 4) is 0 Å². The molecule has 110 valence electrons. The second-order valence-electron chi connectivity index (χ2n) is 6.35. The zero-order chi connectivity index (χ0) is 14.1. The summed E-state index contributed by atoms with van der Waals surface area (Å²) in [5, 5.41) is 2.11. The molecule has 2 aliphatic rings. The predicted octanol–water partition coefficient (Wildman–Crippen LogP) is 2.65. The van der Waals surface area contributed by atoms with Crippen molar-refractivity contribution >= 4 is 17.2 Å². The van der Waals surface area contributed by atoms with E-state index in [1.807, 2.05) is 0 Å². The summed E-state index contributed by atoms with van der Waals surface area (Å²) in [5.74, 6) is 1.04. The van der Waals surface area contributed by atoms with Crippen molar-refractivity contribution in [2.24, 2.45) is 5.92 Å². The Hall–Kier alpha value is -0.870. The zero-order valence-electron chi connectivity index (χ0n) is 12.5. The Balaban J connectivity index is 1.77. The number of rotatable bonds is 1. The van der Waals surface area contributed by atoms with Crippen LogP contribution in [0.5, 0.6) is 0 Å². The second kappa shape index (κ2) is 5.86. The van der Waals surface area contributed by atoms with Crippen molar-refractivity contribution in [1.82, 2.24) is 9.80 Å². The summed E-state index contributed by atoms with van der Waals surface area (Å²) in [6.07, 6.45) is 4.57. The number of nitrogens with zero attached hydrogens (tertiary/aromatic N) is 2. The minimum atomic E-state index is 0.271. The van der Waals surface area contributed by atoms with Gasteiger partial charge in [0.25, 0.3) is 5.91 Å². The predicted molar refractivity (Wildman–Crippen MR) is 83.5 cm³/mol. The first-order chi connectivity index (χ1) is 9.65. The minimum Gasteiger partial charge on any atom is -0.337 e. The highest BCUT2D eigenvalue weighted by atomic mass is 32.1. The summed E-state index contributed by atoms with van der Waals surface area (Å²) in [6, 6.07) is 0. The number of hydrogen-bond acceptors (Lipinski definition) is 3. The molecule has 0 spiro atoms. The molecule has 1 amide bonds. The van der Waals surface area contributed by atoms with Crippen LogP contribution >= 0.6 is 11.3 Å². The van der Waals surface area contributed by atoms with Gasteiger partial charge in [0.1, 0.15) is 0 Å². The molecule has 3 nitrogen and oxygen atoms in total. The molecule has 3 rings (SSSR count). The molecule has 0 radical (unpaired) electrons. The molecule has 1 saturated heterocycles. The number of amides is 1. The fourth-order valence-electron chi connectivity index (χ4n) is 3.28. The zero-order valence-corrected chi connectivity index (χ0v) is 13.3. The molecule has 1 aliphatic carbocycles. The van der Waals surface area contributed by atoms with Gasteiger partial charge in [0.15, 0.2) is 0 Å². The van der Waals surface area contributed by atoms with E-state index in [0.717, 1.165) is 56.9 Å². The van der Waals surface area contributed by atoms with Gasteiger partial charge in [0.05, 0.1) is 5.56 Å². The van der Waals surface area contributed by atoms with Crippen LogP contribution in [0, 0.1) is 5.92 Å². The van der Waals surface area contributed by atoms with Crippen LogP contribution in [0.15, 0.2) is 5.38 Å². The van der Waals surface area contributed by atoms with Crippen LogP contribution in [0.3, 0.4) is 0 Å². The molecule has 1 unspecified atom stereocenters. The Morgan fingerprint density at radius 1 is 1.30 bits per heavy atom. The number of thiophene rings is 1. The third-order valence-corrected chi connectivity index (χ3v) is 5.69. The van der Waals surface area contributed by atoms with Crippen LogP contribution in [-0.2, 0) is 12.8 Å². The van der Waals surface area contributed by atoms with Crippen LogP contribution in [0.1, 0.15) is 40.6 Å². The first-order valence-electron chi connectivity index (χ1n) is 7.72. The van der Waals surface area contributed by atoms with E-state index in [2.05, 4.69) is 29.2 Å². The maximum absolute atomic E-state index is 12.8. The summed E-state index contributed by atoms with van der Waals surface area (Å²) in [7, 11) is 2.14. The molecule has 1 fully saturated rings. The molecule has 1 atom stereocenters. The summed E-state index contributed by atoms with van der Waals surface area (Å²) >= 11 is 1.80. The lowest BCUT2D eigenvalue weighted by Crippen LogP contribution is -2.35. The van der Waals surface area contributed by atoms with Gasteiger partial charge in [0, 0.05) is 29.9 Å². The Bertz CT molecular complexity index is 497. The molecule has 1 aromatic rings. The third kappa shape index (κ3) is 2.77. The van der Waals surface area contributed by atoms with Crippen molar-refractivity contribution < 1.29 is 4.79 Å². The van der Waals surface area contributed by atoms with Crippen molar-refractivity contribution in [1.29, 1.82) is 0 Å². The van der Waals surface area contributed by atoms with Crippen LogP contribution in [0.4, 0.5) is 0 Å². The first-order valence-corrected chi connectivity index (χ1v) is 8.60. The number of likely N-dealkylation sites (N-methyl/N-ethyl adjacent to an activating group) is 1. The largest absolute Gasteiger partial charge is 0.337 e. The quantitative estimate of drug-likeness (QED) is 0.794. The van der Waals surface area contributed by atoms with E-state index >= 15 is 0 Å². The van der Waals surface area contributed by atoms with E-state index in [9.17, 15) is 4.79 Å². The molecule has 0 saturated carbocycles. The fraction of sp³-hybridized carbons (Fsp3) is 0.688. The lowest BCUT2D eigenvalue weighted by atomic mass is 9.88. The van der Waals surface area contributed by atoms with E-state index in [1.54, 1.807) is 11.3 Å². The van der Waals surface area contributed by atoms with Crippen LogP contribution in [0.25, 0.3) is 0 Å². The standard InChI is InChI=1S/C16H24N2OS/c1-12-4-5-13-14(11-20-15(13)10-12)16(19)18-7-3-6-17(2)8-9-18/h11-12H,3-10H2,1-2H3. The monoisotopic (exact) mass is 292 g/mol. The van der Waals surface area contributed by atoms with Crippen molar-refractivity contribution in [3.05, 3.63) is 21.4 Å². The van der Waals surface area contributed by atoms with Gasteiger partial charge in [-0.25, -0.2) is 0 Å². The smallest absolute Gasteiger partial charge is 0.255 e. The highest BCUT2D eigenvalue weighted by Crippen LogP contribution is 2.33. The third-order valence-electron chi connectivity index (χ3n) is 4.64. The molecular weight excluding hydrogens is 268 g/mol. The number of fused-ring (bicyclic) bond motifs is 1. The fourth-order valence-corrected chi connectivity index (χ4v) is 4.51. The first kappa shape index (κ1) is 14.1. The van der Waals surface area contributed by atoms with E-state index < -0.39 is 0 Å². The van der Waals surface area contributed by atoms with Gasteiger partial charge in [-0.1, -0.05) is 6.92 Å². The van der Waals surface area contributed by atoms with E-state index in [4.69, 9.17) is 0 Å². The lowest BCUT2D eigenvalue weighted by Gasteiger charge is -2.23. The van der Waals surface area contributed by atoms with Gasteiger partial charge in [-0.05, 0) is 50.8 Å². The number of hydrogen-bond donors (Lipinski definition) is 0. The van der Waals surface area contributed by atoms with Gasteiger partial charge in [-0.2, -0.15) is 0 Å². The average Bonchev–Trinajstić information content (AvgIpc) is 2.72. The van der Waals surface area contributed by atoms with Crippen molar-refractivity contribution in [2.45, 2.75) is 32.6 Å². The molecule has 20 heavy (non-hydrogen) atoms. The van der Waals surface area contributed by atoms with Crippen LogP contribution < -0.4 is 0 Å². The van der Waals surface area contributed by atoms with E-state index in [0.29, 0.717) is 0 Å². The molecule has 0 aromatic carbocycles. The summed E-state index contributed by atoms with van der Waals surface area (Å²) in [5.41, 5.74) is 2.36. The number of carbonyl (C=O) groups is 1. The van der Waals surface area contributed by atoms with Crippen molar-refractivity contribution in [2.75, 3.05) is 33.2 Å². The molecule has 0 N–H and O–H groups in total. The highest BCUT2D eigenvalue weighted by molar-refractivity contribution is 7.10. The van der Waals surface area contributed by atoms with Gasteiger partial charge >= 0.3 is 0 Å². The van der Waals surface area contributed by atoms with Gasteiger partial charge in [-0.15, -0.1) is 11.3 Å². The minimum absolute atomic E-state index is 0.271. The molecule has 2 heterocycles. The Kier molecular flexibility index (Phi) is 4.13. The molecule has 0 bridgehead atoms. The topological polar surface area (TPSA) is 23.6 Å². The van der Waals surface area contributed by atoms with Crippen LogP contribution in [-0.4, -0.2) is 48.9 Å². The van der Waals surface area contributed by atoms with Crippen LogP contribution in [0.2, 0.25) is 0 Å². The van der Waals surface area contributed by atoms with E-state index in [-0.39, 0.29) is 5.91 Å². The Morgan fingerprint density at radius 3 is 3.00 bits per heavy atom. The Morgan fingerprint density at radius 2 is 2.15 bits per heavy atom. The maximum Gasteiger partial charge on any atom is 0.255 e. The summed E-state index contributed by atoms with van der Waals surface area (Å²) in [4.78, 5) is 18.6.